The predicted molar refractivity (Wildman–Crippen MR) is 101 cm³/mol. The van der Waals surface area contributed by atoms with Gasteiger partial charge in [-0.05, 0) is 37.6 Å². The van der Waals surface area contributed by atoms with Gasteiger partial charge in [0.2, 0.25) is 5.91 Å². The summed E-state index contributed by atoms with van der Waals surface area (Å²) >= 11 is 0. The quantitative estimate of drug-likeness (QED) is 0.607. The van der Waals surface area contributed by atoms with Gasteiger partial charge in [-0.3, -0.25) is 24.3 Å². The average Bonchev–Trinajstić information content (AvgIpc) is 3.00. The summed E-state index contributed by atoms with van der Waals surface area (Å²) in [6.07, 6.45) is 8.26. The lowest BCUT2D eigenvalue weighted by molar-refractivity contribution is -0.134. The lowest BCUT2D eigenvalue weighted by Gasteiger charge is -2.30. The number of rotatable bonds is 2. The topological polar surface area (TPSA) is 70.6 Å². The van der Waals surface area contributed by atoms with Crippen LogP contribution in [0.4, 0.5) is 0 Å². The minimum atomic E-state index is -0.774. The maximum Gasteiger partial charge on any atom is 0.262 e. The number of hydrogen-bond donors (Lipinski definition) is 0. The van der Waals surface area contributed by atoms with E-state index in [4.69, 9.17) is 0 Å². The van der Waals surface area contributed by atoms with E-state index >= 15 is 0 Å². The number of benzene rings is 1. The molecule has 0 fully saturated rings. The van der Waals surface area contributed by atoms with Crippen molar-refractivity contribution in [2.45, 2.75) is 19.4 Å². The smallest absolute Gasteiger partial charge is 0.262 e. The van der Waals surface area contributed by atoms with Gasteiger partial charge in [0.05, 0.1) is 11.1 Å². The molecule has 138 valence electrons. The summed E-state index contributed by atoms with van der Waals surface area (Å²) < 4.78 is 0. The Balaban J connectivity index is 0.000000299. The fraction of sp³-hybridized carbons (Fsp3) is 0.238. The number of carbonyl (C=O) groups excluding carboxylic acids is 3. The highest BCUT2D eigenvalue weighted by atomic mass is 16.2. The van der Waals surface area contributed by atoms with Crippen LogP contribution in [0.15, 0.2) is 67.0 Å². The van der Waals surface area contributed by atoms with Gasteiger partial charge in [0.1, 0.15) is 6.04 Å². The van der Waals surface area contributed by atoms with Crippen molar-refractivity contribution in [1.82, 2.24) is 14.8 Å². The van der Waals surface area contributed by atoms with Crippen molar-refractivity contribution < 1.29 is 14.4 Å². The zero-order valence-electron chi connectivity index (χ0n) is 15.1. The summed E-state index contributed by atoms with van der Waals surface area (Å²) in [6, 6.07) is 11.6. The lowest BCUT2D eigenvalue weighted by Crippen LogP contribution is -2.50. The molecule has 2 aliphatic rings. The highest BCUT2D eigenvalue weighted by molar-refractivity contribution is 6.22. The van der Waals surface area contributed by atoms with Crippen LogP contribution in [0.25, 0.3) is 0 Å². The first-order chi connectivity index (χ1) is 13.1. The molecular formula is C21H21N3O3. The Hall–Kier alpha value is -3.28. The Morgan fingerprint density at radius 2 is 1.59 bits per heavy atom. The number of imide groups is 1. The molecule has 2 aliphatic heterocycles. The van der Waals surface area contributed by atoms with Crippen molar-refractivity contribution in [3.05, 3.63) is 78.1 Å². The van der Waals surface area contributed by atoms with Crippen LogP contribution >= 0.6 is 0 Å². The lowest BCUT2D eigenvalue weighted by atomic mass is 10.1. The molecule has 0 saturated carbocycles. The fourth-order valence-electron chi connectivity index (χ4n) is 3.09. The molecule has 1 unspecified atom stereocenters. The van der Waals surface area contributed by atoms with E-state index in [0.29, 0.717) is 24.2 Å². The van der Waals surface area contributed by atoms with Crippen LogP contribution in [0.3, 0.4) is 0 Å². The molecule has 3 heterocycles. The van der Waals surface area contributed by atoms with Crippen molar-refractivity contribution in [3.8, 4) is 0 Å². The van der Waals surface area contributed by atoms with E-state index < -0.39 is 6.04 Å². The molecule has 1 atom stereocenters. The van der Waals surface area contributed by atoms with Crippen LogP contribution in [0.5, 0.6) is 0 Å². The summed E-state index contributed by atoms with van der Waals surface area (Å²) in [4.78, 5) is 43.7. The Bertz CT molecular complexity index is 802. The molecule has 0 saturated heterocycles. The van der Waals surface area contributed by atoms with Gasteiger partial charge in [-0.1, -0.05) is 30.4 Å². The van der Waals surface area contributed by atoms with Gasteiger partial charge in [0, 0.05) is 25.5 Å². The minimum Gasteiger partial charge on any atom is -0.337 e. The van der Waals surface area contributed by atoms with Crippen LogP contribution in [0, 0.1) is 0 Å². The van der Waals surface area contributed by atoms with Crippen LogP contribution in [-0.2, 0) is 4.79 Å². The molecule has 6 heteroatoms. The van der Waals surface area contributed by atoms with Gasteiger partial charge in [0.15, 0.2) is 0 Å². The molecule has 0 radical (unpaired) electrons. The molecular weight excluding hydrogens is 342 g/mol. The summed E-state index contributed by atoms with van der Waals surface area (Å²) in [5.74, 6) is -0.957. The number of amides is 3. The van der Waals surface area contributed by atoms with Crippen molar-refractivity contribution in [3.63, 3.8) is 0 Å². The second-order valence-electron chi connectivity index (χ2n) is 6.27. The maximum atomic E-state index is 12.5. The Labute approximate surface area is 158 Å². The van der Waals surface area contributed by atoms with Crippen LogP contribution in [0.1, 0.15) is 34.1 Å². The van der Waals surface area contributed by atoms with E-state index in [1.807, 2.05) is 30.4 Å². The number of hydrogen-bond acceptors (Lipinski definition) is 4. The summed E-state index contributed by atoms with van der Waals surface area (Å²) in [5, 5.41) is 0. The highest BCUT2D eigenvalue weighted by Gasteiger charge is 2.41. The zero-order valence-corrected chi connectivity index (χ0v) is 15.1. The number of aromatic nitrogens is 1. The van der Waals surface area contributed by atoms with Gasteiger partial charge in [-0.2, -0.15) is 0 Å². The number of fused-ring (bicyclic) bond motifs is 1. The molecule has 2 aromatic rings. The van der Waals surface area contributed by atoms with E-state index in [0.717, 1.165) is 11.3 Å². The van der Waals surface area contributed by atoms with E-state index in [1.54, 1.807) is 48.5 Å². The van der Waals surface area contributed by atoms with E-state index in [9.17, 15) is 14.4 Å². The van der Waals surface area contributed by atoms with Crippen molar-refractivity contribution in [2.75, 3.05) is 13.1 Å². The largest absolute Gasteiger partial charge is 0.337 e. The van der Waals surface area contributed by atoms with E-state index in [1.165, 1.54) is 0 Å². The molecule has 3 amide bonds. The predicted octanol–water partition coefficient (Wildman–Crippen LogP) is 2.54. The van der Waals surface area contributed by atoms with E-state index in [2.05, 4.69) is 4.98 Å². The third-order valence-corrected chi connectivity index (χ3v) is 4.51. The zero-order chi connectivity index (χ0) is 19.2. The van der Waals surface area contributed by atoms with Gasteiger partial charge < -0.3 is 4.90 Å². The monoisotopic (exact) mass is 363 g/mol. The van der Waals surface area contributed by atoms with Crippen LogP contribution < -0.4 is 0 Å². The van der Waals surface area contributed by atoms with Crippen LogP contribution in [0.2, 0.25) is 0 Å². The summed E-state index contributed by atoms with van der Waals surface area (Å²) in [7, 11) is 0. The third-order valence-electron chi connectivity index (χ3n) is 4.51. The number of nitrogens with zero attached hydrogens (tertiary/aromatic N) is 3. The molecule has 6 nitrogen and oxygen atoms in total. The molecule has 0 aliphatic carbocycles. The highest BCUT2D eigenvalue weighted by Crippen LogP contribution is 2.25. The van der Waals surface area contributed by atoms with Crippen molar-refractivity contribution in [1.29, 1.82) is 0 Å². The average molecular weight is 363 g/mol. The first-order valence-electron chi connectivity index (χ1n) is 8.87. The standard InChI is InChI=1S/C16H16N2O3.C5H5N/c1-11(14(19)17-9-5-2-6-10-17)18-15(20)12-7-3-4-8-13(12)16(18)21;1-2-4-6-5-3-1/h2-5,7-8,11H,6,9-10H2,1H3;1-5H. The van der Waals surface area contributed by atoms with Gasteiger partial charge in [-0.15, -0.1) is 0 Å². The van der Waals surface area contributed by atoms with Gasteiger partial charge in [0.25, 0.3) is 11.8 Å². The normalized spacial score (nSPS) is 16.5. The molecule has 1 aromatic heterocycles. The van der Waals surface area contributed by atoms with Gasteiger partial charge >= 0.3 is 0 Å². The first kappa shape index (κ1) is 18.5. The molecule has 4 rings (SSSR count). The number of pyridine rings is 1. The summed E-state index contributed by atoms with van der Waals surface area (Å²) in [5.41, 5.74) is 0.751. The SMILES string of the molecule is CC(C(=O)N1CC=CCC1)N1C(=O)c2ccccc2C1=O.c1ccncc1. The van der Waals surface area contributed by atoms with E-state index in [-0.39, 0.29) is 17.7 Å². The molecule has 0 spiro atoms. The third kappa shape index (κ3) is 3.95. The molecule has 27 heavy (non-hydrogen) atoms. The molecule has 0 N–H and O–H groups in total. The van der Waals surface area contributed by atoms with Crippen molar-refractivity contribution in [2.24, 2.45) is 0 Å². The van der Waals surface area contributed by atoms with Gasteiger partial charge in [-0.25, -0.2) is 0 Å². The Kier molecular flexibility index (Phi) is 5.76. The second-order valence-corrected chi connectivity index (χ2v) is 6.27. The maximum absolute atomic E-state index is 12.5. The van der Waals surface area contributed by atoms with Crippen molar-refractivity contribution >= 4 is 17.7 Å². The first-order valence-corrected chi connectivity index (χ1v) is 8.87. The fourth-order valence-corrected chi connectivity index (χ4v) is 3.09. The minimum absolute atomic E-state index is 0.186. The molecule has 0 bridgehead atoms. The summed E-state index contributed by atoms with van der Waals surface area (Å²) in [6.45, 7) is 2.78. The Morgan fingerprint density at radius 3 is 2.04 bits per heavy atom. The molecule has 1 aromatic carbocycles. The number of carbonyl (C=O) groups is 3. The second kappa shape index (κ2) is 8.40. The van der Waals surface area contributed by atoms with Crippen LogP contribution in [-0.4, -0.2) is 51.6 Å². The Morgan fingerprint density at radius 1 is 0.963 bits per heavy atom.